The number of primary sulfonamides is 1. The van der Waals surface area contributed by atoms with Gasteiger partial charge in [-0.3, -0.25) is 4.90 Å². The Hall–Kier alpha value is -3.82. The van der Waals surface area contributed by atoms with Gasteiger partial charge in [-0.1, -0.05) is 12.1 Å². The van der Waals surface area contributed by atoms with Gasteiger partial charge in [-0.25, -0.2) is 18.5 Å². The number of hydrogen-bond acceptors (Lipinski definition) is 9. The molecule has 0 bridgehead atoms. The van der Waals surface area contributed by atoms with Crippen LogP contribution in [0.5, 0.6) is 0 Å². The smallest absolute Gasteiger partial charge is 0.238 e. The molecule has 0 spiro atoms. The number of nitrogens with zero attached hydrogens (tertiary/aromatic N) is 4. The topological polar surface area (TPSA) is 137 Å². The summed E-state index contributed by atoms with van der Waals surface area (Å²) in [6, 6.07) is 15.2. The molecule has 0 aliphatic carbocycles. The molecule has 2 aromatic heterocycles. The average Bonchev–Trinajstić information content (AvgIpc) is 3.39. The van der Waals surface area contributed by atoms with Crippen LogP contribution in [0.2, 0.25) is 0 Å². The van der Waals surface area contributed by atoms with Crippen LogP contribution >= 0.6 is 11.3 Å². The van der Waals surface area contributed by atoms with Crippen molar-refractivity contribution in [2.24, 2.45) is 5.14 Å². The molecular formula is C29H31N7O2S2. The number of benzene rings is 2. The van der Waals surface area contributed by atoms with E-state index < -0.39 is 10.0 Å². The van der Waals surface area contributed by atoms with Gasteiger partial charge < -0.3 is 10.6 Å². The molecule has 1 saturated heterocycles. The molecule has 0 atom stereocenters. The maximum Gasteiger partial charge on any atom is 0.238 e. The number of aromatic nitrogens is 2. The van der Waals surface area contributed by atoms with Crippen LogP contribution in [-0.2, 0) is 16.6 Å². The molecule has 1 fully saturated rings. The van der Waals surface area contributed by atoms with E-state index in [1.54, 1.807) is 23.5 Å². The minimum absolute atomic E-state index is 0.130. The van der Waals surface area contributed by atoms with E-state index in [0.717, 1.165) is 76.5 Å². The molecule has 0 amide bonds. The fraction of sp³-hybridized carbons (Fsp3) is 0.276. The second-order valence-electron chi connectivity index (χ2n) is 10.0. The maximum absolute atomic E-state index is 11.5. The normalized spacial score (nSPS) is 14.9. The first-order valence-electron chi connectivity index (χ1n) is 13.0. The summed E-state index contributed by atoms with van der Waals surface area (Å²) in [5.41, 5.74) is 6.08. The first-order chi connectivity index (χ1) is 19.2. The highest BCUT2D eigenvalue weighted by atomic mass is 32.2. The quantitative estimate of drug-likeness (QED) is 0.241. The Morgan fingerprint density at radius 1 is 1.12 bits per heavy atom. The number of rotatable bonds is 8. The first kappa shape index (κ1) is 27.7. The summed E-state index contributed by atoms with van der Waals surface area (Å²) in [5.74, 6) is 1.38. The van der Waals surface area contributed by atoms with Gasteiger partial charge in [0.2, 0.25) is 16.0 Å². The number of allylic oxidation sites excluding steroid dienone is 1. The minimum atomic E-state index is -3.68. The lowest BCUT2D eigenvalue weighted by atomic mass is 10.0. The number of hydrogen-bond donors (Lipinski definition) is 3. The number of nitrogens with two attached hydrogens (primary N) is 1. The first-order valence-corrected chi connectivity index (χ1v) is 15.4. The zero-order chi connectivity index (χ0) is 28.3. The summed E-state index contributed by atoms with van der Waals surface area (Å²) in [6.07, 6.45) is 5.18. The second-order valence-corrected chi connectivity index (χ2v) is 12.5. The van der Waals surface area contributed by atoms with E-state index in [4.69, 9.17) is 20.4 Å². The summed E-state index contributed by atoms with van der Waals surface area (Å²) in [7, 11) is -3.68. The largest absolute Gasteiger partial charge is 0.351 e. The number of sulfonamides is 1. The number of likely N-dealkylation sites (tertiary alicyclic amines) is 1. The van der Waals surface area contributed by atoms with Gasteiger partial charge in [-0.05, 0) is 90.7 Å². The lowest BCUT2D eigenvalue weighted by Gasteiger charge is -2.32. The zero-order valence-corrected chi connectivity index (χ0v) is 24.0. The van der Waals surface area contributed by atoms with Crippen molar-refractivity contribution in [3.05, 3.63) is 76.2 Å². The molecule has 11 heteroatoms. The molecule has 5 rings (SSSR count). The Labute approximate surface area is 238 Å². The lowest BCUT2D eigenvalue weighted by Crippen LogP contribution is -2.39. The highest BCUT2D eigenvalue weighted by molar-refractivity contribution is 7.89. The molecule has 4 aromatic rings. The Bertz CT molecular complexity index is 1680. The van der Waals surface area contributed by atoms with Crippen LogP contribution in [0.25, 0.3) is 16.3 Å². The number of thiophene rings is 1. The van der Waals surface area contributed by atoms with Gasteiger partial charge in [-0.2, -0.15) is 10.2 Å². The third-order valence-electron chi connectivity index (χ3n) is 7.03. The van der Waals surface area contributed by atoms with E-state index in [0.29, 0.717) is 5.95 Å². The number of aryl methyl sites for hydroxylation is 2. The number of nitriles is 1. The van der Waals surface area contributed by atoms with Gasteiger partial charge in [-0.15, -0.1) is 11.3 Å². The lowest BCUT2D eigenvalue weighted by molar-refractivity contribution is 0.211. The third kappa shape index (κ3) is 6.48. The van der Waals surface area contributed by atoms with Crippen LogP contribution in [0.4, 0.5) is 17.5 Å². The second kappa shape index (κ2) is 11.7. The Morgan fingerprint density at radius 2 is 1.82 bits per heavy atom. The molecule has 0 radical (unpaired) electrons. The third-order valence-corrected chi connectivity index (χ3v) is 8.87. The summed E-state index contributed by atoms with van der Waals surface area (Å²) in [5, 5.41) is 23.2. The van der Waals surface area contributed by atoms with Crippen molar-refractivity contribution in [1.82, 2.24) is 14.9 Å². The molecule has 2 aromatic carbocycles. The maximum atomic E-state index is 11.5. The van der Waals surface area contributed by atoms with E-state index in [-0.39, 0.29) is 10.9 Å². The monoisotopic (exact) mass is 573 g/mol. The van der Waals surface area contributed by atoms with Gasteiger partial charge in [0.25, 0.3) is 0 Å². The summed E-state index contributed by atoms with van der Waals surface area (Å²) < 4.78 is 24.0. The SMILES string of the molecule is Cc1cc(/C=C/C#N)cc(C)c1Nc1nc(NC2CCN(Cc3ccc(S(N)(=O)=O)cc3)CC2)nc2ccsc12. The van der Waals surface area contributed by atoms with Crippen molar-refractivity contribution >= 4 is 55.1 Å². The van der Waals surface area contributed by atoms with Crippen molar-refractivity contribution in [3.63, 3.8) is 0 Å². The standard InChI is InChI=1S/C29H31N7O2S2/c1-19-16-22(4-3-12-30)17-20(2)26(19)34-28-27-25(11-15-39-27)33-29(35-28)32-23-9-13-36(14-10-23)18-21-5-7-24(8-6-21)40(31,37)38/h3-8,11,15-17,23H,9-10,13-14,18H2,1-2H3,(H2,31,37,38)(H2,32,33,34,35)/b4-3+. The molecule has 1 aliphatic heterocycles. The van der Waals surface area contributed by atoms with Crippen molar-refractivity contribution in [1.29, 1.82) is 5.26 Å². The Kier molecular flexibility index (Phi) is 8.14. The van der Waals surface area contributed by atoms with Gasteiger partial charge in [0.1, 0.15) is 0 Å². The van der Waals surface area contributed by atoms with Gasteiger partial charge in [0.15, 0.2) is 5.82 Å². The summed E-state index contributed by atoms with van der Waals surface area (Å²) >= 11 is 1.61. The molecule has 0 unspecified atom stereocenters. The number of fused-ring (bicyclic) bond motifs is 1. The molecule has 3 heterocycles. The van der Waals surface area contributed by atoms with Crippen LogP contribution in [0, 0.1) is 25.2 Å². The molecule has 0 saturated carbocycles. The summed E-state index contributed by atoms with van der Waals surface area (Å²) in [6.45, 7) is 6.67. The summed E-state index contributed by atoms with van der Waals surface area (Å²) in [4.78, 5) is 12.1. The fourth-order valence-corrected chi connectivity index (χ4v) is 6.31. The Balaban J connectivity index is 1.26. The van der Waals surface area contributed by atoms with Crippen molar-refractivity contribution in [2.75, 3.05) is 23.7 Å². The van der Waals surface area contributed by atoms with Crippen LogP contribution in [0.3, 0.4) is 0 Å². The Morgan fingerprint density at radius 3 is 2.48 bits per heavy atom. The number of anilines is 3. The van der Waals surface area contributed by atoms with Crippen LogP contribution in [-0.4, -0.2) is 42.4 Å². The van der Waals surface area contributed by atoms with Gasteiger partial charge in [0.05, 0.1) is 21.2 Å². The van der Waals surface area contributed by atoms with E-state index in [2.05, 4.69) is 27.7 Å². The minimum Gasteiger partial charge on any atom is -0.351 e. The number of nitrogens with one attached hydrogen (secondary N) is 2. The van der Waals surface area contributed by atoms with Gasteiger partial charge >= 0.3 is 0 Å². The molecular weight excluding hydrogens is 543 g/mol. The van der Waals surface area contributed by atoms with Crippen molar-refractivity contribution in [3.8, 4) is 6.07 Å². The zero-order valence-electron chi connectivity index (χ0n) is 22.4. The van der Waals surface area contributed by atoms with Crippen LogP contribution in [0.15, 0.2) is 58.8 Å². The highest BCUT2D eigenvalue weighted by Crippen LogP contribution is 2.33. The molecule has 9 nitrogen and oxygen atoms in total. The average molecular weight is 574 g/mol. The van der Waals surface area contributed by atoms with Crippen LogP contribution < -0.4 is 15.8 Å². The van der Waals surface area contributed by atoms with E-state index in [1.807, 2.05) is 49.6 Å². The van der Waals surface area contributed by atoms with E-state index >= 15 is 0 Å². The predicted octanol–water partition coefficient (Wildman–Crippen LogP) is 5.31. The highest BCUT2D eigenvalue weighted by Gasteiger charge is 2.21. The van der Waals surface area contributed by atoms with Crippen molar-refractivity contribution < 1.29 is 8.42 Å². The molecule has 4 N–H and O–H groups in total. The fourth-order valence-electron chi connectivity index (χ4n) is 5.02. The van der Waals surface area contributed by atoms with Gasteiger partial charge in [0, 0.05) is 37.4 Å². The molecule has 206 valence electrons. The van der Waals surface area contributed by atoms with E-state index in [9.17, 15) is 8.42 Å². The van der Waals surface area contributed by atoms with E-state index in [1.165, 1.54) is 6.08 Å². The number of piperidine rings is 1. The predicted molar refractivity (Wildman–Crippen MR) is 161 cm³/mol. The molecule has 1 aliphatic rings. The van der Waals surface area contributed by atoms with Crippen molar-refractivity contribution in [2.45, 2.75) is 44.2 Å². The molecule has 40 heavy (non-hydrogen) atoms. The van der Waals surface area contributed by atoms with Crippen LogP contribution in [0.1, 0.15) is 35.1 Å².